The number of fused-ring (bicyclic) bond motifs is 1. The van der Waals surface area contributed by atoms with Crippen LogP contribution in [0.2, 0.25) is 0 Å². The summed E-state index contributed by atoms with van der Waals surface area (Å²) in [5, 5.41) is 10.7. The van der Waals surface area contributed by atoms with Crippen LogP contribution < -0.4 is 9.47 Å². The summed E-state index contributed by atoms with van der Waals surface area (Å²) in [7, 11) is 5.59. The van der Waals surface area contributed by atoms with Gasteiger partial charge in [-0.1, -0.05) is 0 Å². The lowest BCUT2D eigenvalue weighted by atomic mass is 9.57. The standard InChI is InChI=1S/C20H27NO4/c1-21-9-6-12-10-14(23-2)18-17-16(12)13(21)4-7-19(17)8-5-15(22)20(11-19,24-3)25-18/h10,13,15,22H,4-9,11H2,1-3H3/t13-,15+,19-,20-/m1/s1. The number of rotatable bonds is 2. The second-order valence-electron chi connectivity index (χ2n) is 8.27. The summed E-state index contributed by atoms with van der Waals surface area (Å²) in [4.78, 5) is 2.48. The summed E-state index contributed by atoms with van der Waals surface area (Å²) in [5.74, 6) is 0.659. The van der Waals surface area contributed by atoms with Gasteiger partial charge in [0.25, 0.3) is 0 Å². The van der Waals surface area contributed by atoms with Crippen molar-refractivity contribution in [1.29, 1.82) is 0 Å². The molecule has 1 N–H and O–H groups in total. The van der Waals surface area contributed by atoms with Crippen molar-refractivity contribution in [2.45, 2.75) is 61.9 Å². The summed E-state index contributed by atoms with van der Waals surface area (Å²) in [6.45, 7) is 1.09. The molecule has 1 spiro atoms. The summed E-state index contributed by atoms with van der Waals surface area (Å²) in [6.07, 6.45) is 5.19. The Hall–Kier alpha value is -1.30. The van der Waals surface area contributed by atoms with Crippen LogP contribution in [0.25, 0.3) is 0 Å². The fourth-order valence-corrected chi connectivity index (χ4v) is 5.91. The largest absolute Gasteiger partial charge is 0.493 e. The number of benzene rings is 1. The number of methoxy groups -OCH3 is 2. The smallest absolute Gasteiger partial charge is 0.237 e. The molecule has 0 aromatic heterocycles. The molecule has 2 aliphatic heterocycles. The third-order valence-corrected chi connectivity index (χ3v) is 7.23. The van der Waals surface area contributed by atoms with Crippen molar-refractivity contribution in [1.82, 2.24) is 4.90 Å². The van der Waals surface area contributed by atoms with E-state index in [1.807, 2.05) is 0 Å². The molecule has 1 saturated carbocycles. The van der Waals surface area contributed by atoms with Gasteiger partial charge in [0.15, 0.2) is 11.5 Å². The lowest BCUT2D eigenvalue weighted by molar-refractivity contribution is -0.262. The van der Waals surface area contributed by atoms with Gasteiger partial charge in [-0.15, -0.1) is 0 Å². The van der Waals surface area contributed by atoms with Crippen molar-refractivity contribution in [3.63, 3.8) is 0 Å². The van der Waals surface area contributed by atoms with E-state index in [2.05, 4.69) is 18.0 Å². The van der Waals surface area contributed by atoms with Gasteiger partial charge >= 0.3 is 0 Å². The van der Waals surface area contributed by atoms with E-state index >= 15 is 0 Å². The van der Waals surface area contributed by atoms with Crippen LogP contribution in [-0.2, 0) is 16.6 Å². The van der Waals surface area contributed by atoms with E-state index in [-0.39, 0.29) is 5.41 Å². The Morgan fingerprint density at radius 2 is 2.08 bits per heavy atom. The molecule has 25 heavy (non-hydrogen) atoms. The first-order valence-corrected chi connectivity index (χ1v) is 9.40. The molecule has 5 nitrogen and oxygen atoms in total. The zero-order valence-corrected chi connectivity index (χ0v) is 15.3. The molecule has 4 atom stereocenters. The fraction of sp³-hybridized carbons (Fsp3) is 0.700. The molecule has 0 radical (unpaired) electrons. The highest BCUT2D eigenvalue weighted by molar-refractivity contribution is 5.62. The molecule has 1 fully saturated rings. The lowest BCUT2D eigenvalue weighted by Crippen LogP contribution is -2.61. The summed E-state index contributed by atoms with van der Waals surface area (Å²) < 4.78 is 17.9. The first-order chi connectivity index (χ1) is 12.0. The lowest BCUT2D eigenvalue weighted by Gasteiger charge is -2.58. The highest BCUT2D eigenvalue weighted by atomic mass is 16.7. The molecule has 2 bridgehead atoms. The minimum absolute atomic E-state index is 0.0378. The van der Waals surface area contributed by atoms with Gasteiger partial charge in [0.05, 0.1) is 7.11 Å². The molecule has 2 aliphatic carbocycles. The highest BCUT2D eigenvalue weighted by Gasteiger charge is 2.60. The molecule has 136 valence electrons. The Morgan fingerprint density at radius 3 is 2.84 bits per heavy atom. The van der Waals surface area contributed by atoms with Crippen molar-refractivity contribution in [3.8, 4) is 11.5 Å². The predicted molar refractivity (Wildman–Crippen MR) is 93.2 cm³/mol. The third kappa shape index (κ3) is 1.89. The second-order valence-corrected chi connectivity index (χ2v) is 8.27. The molecule has 1 aromatic rings. The van der Waals surface area contributed by atoms with E-state index in [0.717, 1.165) is 56.6 Å². The van der Waals surface area contributed by atoms with Crippen LogP contribution in [0.3, 0.4) is 0 Å². The molecular formula is C20H27NO4. The SMILES string of the molecule is COc1cc2c3c4c1O[C@]1(OC)C[C@@]4(CC[C@H]3N(C)CC2)CC[C@@H]1O. The Bertz CT molecular complexity index is 735. The van der Waals surface area contributed by atoms with Crippen LogP contribution in [-0.4, -0.2) is 49.7 Å². The van der Waals surface area contributed by atoms with Gasteiger partial charge in [-0.25, -0.2) is 0 Å². The van der Waals surface area contributed by atoms with Crippen LogP contribution in [0.15, 0.2) is 6.07 Å². The molecular weight excluding hydrogens is 318 g/mol. The van der Waals surface area contributed by atoms with Crippen molar-refractivity contribution < 1.29 is 19.3 Å². The third-order valence-electron chi connectivity index (χ3n) is 7.23. The number of likely N-dealkylation sites (N-methyl/N-ethyl adjacent to an activating group) is 1. The maximum Gasteiger partial charge on any atom is 0.237 e. The van der Waals surface area contributed by atoms with Gasteiger partial charge in [0, 0.05) is 37.1 Å². The highest BCUT2D eigenvalue weighted by Crippen LogP contribution is 2.63. The Labute approximate surface area is 148 Å². The van der Waals surface area contributed by atoms with Gasteiger partial charge in [-0.2, -0.15) is 0 Å². The van der Waals surface area contributed by atoms with Gasteiger partial charge in [0.2, 0.25) is 5.79 Å². The average Bonchev–Trinajstić information content (AvgIpc) is 2.64. The summed E-state index contributed by atoms with van der Waals surface area (Å²) in [6, 6.07) is 2.63. The first kappa shape index (κ1) is 15.9. The maximum atomic E-state index is 10.7. The zero-order chi connectivity index (χ0) is 17.4. The second kappa shape index (κ2) is 5.12. The van der Waals surface area contributed by atoms with E-state index in [1.165, 1.54) is 16.7 Å². The Morgan fingerprint density at radius 1 is 1.28 bits per heavy atom. The minimum Gasteiger partial charge on any atom is -0.493 e. The van der Waals surface area contributed by atoms with Crippen molar-refractivity contribution in [2.75, 3.05) is 27.8 Å². The van der Waals surface area contributed by atoms with E-state index in [4.69, 9.17) is 14.2 Å². The molecule has 0 amide bonds. The fourth-order valence-electron chi connectivity index (χ4n) is 5.91. The topological polar surface area (TPSA) is 51.2 Å². The zero-order valence-electron chi connectivity index (χ0n) is 15.3. The first-order valence-electron chi connectivity index (χ1n) is 9.40. The molecule has 0 unspecified atom stereocenters. The van der Waals surface area contributed by atoms with Gasteiger partial charge in [-0.3, -0.25) is 4.90 Å². The number of hydrogen-bond acceptors (Lipinski definition) is 5. The molecule has 4 aliphatic rings. The van der Waals surface area contributed by atoms with Gasteiger partial charge in [0.1, 0.15) is 6.10 Å². The Balaban J connectivity index is 1.80. The van der Waals surface area contributed by atoms with Crippen molar-refractivity contribution in [2.24, 2.45) is 0 Å². The maximum absolute atomic E-state index is 10.7. The van der Waals surface area contributed by atoms with Crippen LogP contribution in [0.5, 0.6) is 11.5 Å². The van der Waals surface area contributed by atoms with Crippen LogP contribution in [0, 0.1) is 0 Å². The Kier molecular flexibility index (Phi) is 3.26. The van der Waals surface area contributed by atoms with E-state index < -0.39 is 11.9 Å². The van der Waals surface area contributed by atoms with Gasteiger partial charge < -0.3 is 19.3 Å². The van der Waals surface area contributed by atoms with E-state index in [0.29, 0.717) is 6.04 Å². The number of aliphatic hydroxyl groups is 1. The van der Waals surface area contributed by atoms with E-state index in [9.17, 15) is 5.11 Å². The van der Waals surface area contributed by atoms with Gasteiger partial charge in [-0.05, 0) is 56.3 Å². The summed E-state index contributed by atoms with van der Waals surface area (Å²) in [5.41, 5.74) is 4.27. The minimum atomic E-state index is -0.944. The van der Waals surface area contributed by atoms with Crippen LogP contribution in [0.1, 0.15) is 54.8 Å². The molecule has 2 heterocycles. The molecule has 5 rings (SSSR count). The van der Waals surface area contributed by atoms with Crippen LogP contribution in [0.4, 0.5) is 0 Å². The van der Waals surface area contributed by atoms with Crippen molar-refractivity contribution in [3.05, 3.63) is 22.8 Å². The van der Waals surface area contributed by atoms with Crippen LogP contribution >= 0.6 is 0 Å². The average molecular weight is 345 g/mol. The quantitative estimate of drug-likeness (QED) is 0.893. The number of nitrogens with zero attached hydrogens (tertiary/aromatic N) is 1. The number of ether oxygens (including phenoxy) is 3. The number of aliphatic hydroxyl groups excluding tert-OH is 1. The predicted octanol–water partition coefficient (Wildman–Crippen LogP) is 2.54. The van der Waals surface area contributed by atoms with E-state index in [1.54, 1.807) is 14.2 Å². The normalized spacial score (nSPS) is 38.7. The molecule has 0 saturated heterocycles. The monoisotopic (exact) mass is 345 g/mol. The molecule has 5 heteroatoms. The van der Waals surface area contributed by atoms with Crippen molar-refractivity contribution >= 4 is 0 Å². The number of hydrogen-bond donors (Lipinski definition) is 1. The summed E-state index contributed by atoms with van der Waals surface area (Å²) >= 11 is 0. The molecule has 1 aromatic carbocycles.